The van der Waals surface area contributed by atoms with Crippen molar-refractivity contribution in [3.63, 3.8) is 0 Å². The van der Waals surface area contributed by atoms with Gasteiger partial charge in [0.15, 0.2) is 0 Å². The zero-order valence-electron chi connectivity index (χ0n) is 6.83. The minimum absolute atomic E-state index is 0.211. The molecule has 0 atom stereocenters. The predicted molar refractivity (Wildman–Crippen MR) is 37.6 cm³/mol. The quantitative estimate of drug-likeness (QED) is 0.475. The smallest absolute Gasteiger partial charge is 0.0675 e. The van der Waals surface area contributed by atoms with Crippen LogP contribution < -0.4 is 10.2 Å². The van der Waals surface area contributed by atoms with Gasteiger partial charge >= 0.3 is 0 Å². The molecule has 0 bridgehead atoms. The van der Waals surface area contributed by atoms with Gasteiger partial charge in [-0.1, -0.05) is 13.3 Å². The molecule has 0 aliphatic carbocycles. The van der Waals surface area contributed by atoms with Crippen LogP contribution in [0.25, 0.3) is 0 Å². The van der Waals surface area contributed by atoms with Crippen LogP contribution in [0.5, 0.6) is 0 Å². The molecule has 0 aromatic rings. The van der Waals surface area contributed by atoms with Crippen LogP contribution in [0, 0.1) is 0 Å². The Balaban J connectivity index is 4.23. The summed E-state index contributed by atoms with van der Waals surface area (Å²) in [5.74, 6) is -2.93. The second kappa shape index (κ2) is 5.35. The summed E-state index contributed by atoms with van der Waals surface area (Å²) in [5.41, 5.74) is -0.211. The molecule has 0 radical (unpaired) electrons. The first-order valence-electron chi connectivity index (χ1n) is 3.70. The van der Waals surface area contributed by atoms with E-state index in [-0.39, 0.29) is 12.0 Å². The number of carbonyl (C=O) groups excluding carboxylic acids is 2. The first-order valence-corrected chi connectivity index (χ1v) is 3.70. The minimum atomic E-state index is -1.50. The third kappa shape index (κ3) is 4.49. The van der Waals surface area contributed by atoms with E-state index in [9.17, 15) is 19.8 Å². The second-order valence-electron chi connectivity index (χ2n) is 2.38. The van der Waals surface area contributed by atoms with E-state index in [0.717, 1.165) is 6.42 Å². The molecular formula is C8H10O4-2. The normalized spacial score (nSPS) is 11.2. The Morgan fingerprint density at radius 2 is 1.92 bits per heavy atom. The van der Waals surface area contributed by atoms with Gasteiger partial charge < -0.3 is 19.8 Å². The fraction of sp³-hybridized carbons (Fsp3) is 0.500. The van der Waals surface area contributed by atoms with Crippen LogP contribution in [0.1, 0.15) is 26.2 Å². The van der Waals surface area contributed by atoms with Gasteiger partial charge in [0.2, 0.25) is 0 Å². The average Bonchev–Trinajstić information content (AvgIpc) is 1.96. The van der Waals surface area contributed by atoms with E-state index in [1.807, 2.05) is 6.92 Å². The molecule has 12 heavy (non-hydrogen) atoms. The third-order valence-electron chi connectivity index (χ3n) is 1.35. The Morgan fingerprint density at radius 1 is 1.33 bits per heavy atom. The summed E-state index contributed by atoms with van der Waals surface area (Å²) in [7, 11) is 0. The molecule has 0 unspecified atom stereocenters. The molecule has 0 aromatic carbocycles. The molecule has 4 heteroatoms. The number of hydrogen-bond acceptors (Lipinski definition) is 4. The molecule has 4 nitrogen and oxygen atoms in total. The molecule has 0 rings (SSSR count). The van der Waals surface area contributed by atoms with E-state index in [4.69, 9.17) is 0 Å². The topological polar surface area (TPSA) is 80.3 Å². The molecule has 0 fully saturated rings. The second-order valence-corrected chi connectivity index (χ2v) is 2.38. The number of carboxylic acids is 2. The fourth-order valence-corrected chi connectivity index (χ4v) is 0.743. The fourth-order valence-electron chi connectivity index (χ4n) is 0.743. The van der Waals surface area contributed by atoms with E-state index >= 15 is 0 Å². The number of carboxylic acid groups (broad SMARTS) is 2. The summed E-state index contributed by atoms with van der Waals surface area (Å²) < 4.78 is 0. The van der Waals surface area contributed by atoms with Crippen molar-refractivity contribution < 1.29 is 19.8 Å². The van der Waals surface area contributed by atoms with Crippen LogP contribution in [0.15, 0.2) is 11.6 Å². The lowest BCUT2D eigenvalue weighted by molar-refractivity contribution is -0.303. The van der Waals surface area contributed by atoms with Gasteiger partial charge in [-0.15, -0.1) is 0 Å². The molecule has 0 N–H and O–H groups in total. The molecule has 0 saturated heterocycles. The lowest BCUT2D eigenvalue weighted by Crippen LogP contribution is -2.27. The SMILES string of the molecule is CCCC/C(=C/C(=O)[O-])C(=O)[O-]. The van der Waals surface area contributed by atoms with Gasteiger partial charge in [0, 0.05) is 0 Å². The maximum Gasteiger partial charge on any atom is 0.0675 e. The molecule has 68 valence electrons. The lowest BCUT2D eigenvalue weighted by atomic mass is 10.1. The zero-order valence-corrected chi connectivity index (χ0v) is 6.83. The summed E-state index contributed by atoms with van der Waals surface area (Å²) in [5, 5.41) is 20.3. The van der Waals surface area contributed by atoms with Gasteiger partial charge in [0.1, 0.15) is 0 Å². The van der Waals surface area contributed by atoms with E-state index < -0.39 is 11.9 Å². The summed E-state index contributed by atoms with van der Waals surface area (Å²) in [4.78, 5) is 20.3. The van der Waals surface area contributed by atoms with Gasteiger partial charge in [0.25, 0.3) is 0 Å². The Labute approximate surface area is 70.5 Å². The summed E-state index contributed by atoms with van der Waals surface area (Å²) in [6.45, 7) is 1.88. The monoisotopic (exact) mass is 170 g/mol. The molecule has 0 aliphatic rings. The maximum atomic E-state index is 10.3. The highest BCUT2D eigenvalue weighted by atomic mass is 16.4. The van der Waals surface area contributed by atoms with Crippen LogP contribution in [0.2, 0.25) is 0 Å². The number of rotatable bonds is 5. The third-order valence-corrected chi connectivity index (χ3v) is 1.35. The van der Waals surface area contributed by atoms with Gasteiger partial charge in [-0.05, 0) is 24.5 Å². The van der Waals surface area contributed by atoms with E-state index in [0.29, 0.717) is 12.5 Å². The van der Waals surface area contributed by atoms with Crippen LogP contribution in [-0.2, 0) is 9.59 Å². The molecule has 0 saturated carbocycles. The Kier molecular flexibility index (Phi) is 4.76. The standard InChI is InChI=1S/C8H12O4/c1-2-3-4-6(8(11)12)5-7(9)10/h5H,2-4H2,1H3,(H,9,10)(H,11,12)/p-2/b6-5-. The lowest BCUT2D eigenvalue weighted by Gasteiger charge is -2.07. The molecule has 0 heterocycles. The number of hydrogen-bond donors (Lipinski definition) is 0. The van der Waals surface area contributed by atoms with Gasteiger partial charge in [-0.3, -0.25) is 0 Å². The summed E-state index contributed by atoms with van der Waals surface area (Å²) >= 11 is 0. The van der Waals surface area contributed by atoms with Gasteiger partial charge in [-0.2, -0.15) is 0 Å². The minimum Gasteiger partial charge on any atom is -0.545 e. The molecular weight excluding hydrogens is 160 g/mol. The van der Waals surface area contributed by atoms with Crippen molar-refractivity contribution >= 4 is 11.9 Å². The van der Waals surface area contributed by atoms with E-state index in [2.05, 4.69) is 0 Å². The van der Waals surface area contributed by atoms with Gasteiger partial charge in [-0.25, -0.2) is 0 Å². The van der Waals surface area contributed by atoms with Crippen LogP contribution in [0.3, 0.4) is 0 Å². The molecule has 0 amide bonds. The van der Waals surface area contributed by atoms with Crippen LogP contribution in [-0.4, -0.2) is 11.9 Å². The summed E-state index contributed by atoms with van der Waals surface area (Å²) in [6.07, 6.45) is 2.22. The highest BCUT2D eigenvalue weighted by molar-refractivity contribution is 5.92. The Morgan fingerprint density at radius 3 is 2.25 bits per heavy atom. The van der Waals surface area contributed by atoms with Crippen molar-refractivity contribution in [1.82, 2.24) is 0 Å². The number of unbranched alkanes of at least 4 members (excludes halogenated alkanes) is 1. The van der Waals surface area contributed by atoms with Crippen molar-refractivity contribution in [3.8, 4) is 0 Å². The largest absolute Gasteiger partial charge is 0.545 e. The predicted octanol–water partition coefficient (Wildman–Crippen LogP) is -1.40. The highest BCUT2D eigenvalue weighted by Gasteiger charge is 1.97. The van der Waals surface area contributed by atoms with Crippen molar-refractivity contribution in [3.05, 3.63) is 11.6 Å². The average molecular weight is 170 g/mol. The number of carbonyl (C=O) groups is 2. The highest BCUT2D eigenvalue weighted by Crippen LogP contribution is 2.05. The van der Waals surface area contributed by atoms with Crippen molar-refractivity contribution in [2.75, 3.05) is 0 Å². The molecule has 0 aromatic heterocycles. The maximum absolute atomic E-state index is 10.3. The zero-order chi connectivity index (χ0) is 9.56. The Bertz CT molecular complexity index is 205. The molecule has 0 aliphatic heterocycles. The van der Waals surface area contributed by atoms with Crippen molar-refractivity contribution in [2.24, 2.45) is 0 Å². The van der Waals surface area contributed by atoms with E-state index in [1.165, 1.54) is 0 Å². The Hall–Kier alpha value is -1.32. The van der Waals surface area contributed by atoms with Crippen LogP contribution >= 0.6 is 0 Å². The molecule has 0 spiro atoms. The number of aliphatic carboxylic acids is 2. The van der Waals surface area contributed by atoms with Crippen molar-refractivity contribution in [1.29, 1.82) is 0 Å². The first kappa shape index (κ1) is 10.7. The summed E-state index contributed by atoms with van der Waals surface area (Å²) in [6, 6.07) is 0. The first-order chi connectivity index (χ1) is 5.57. The van der Waals surface area contributed by atoms with Gasteiger partial charge in [0.05, 0.1) is 11.9 Å². The van der Waals surface area contributed by atoms with Crippen LogP contribution in [0.4, 0.5) is 0 Å². The van der Waals surface area contributed by atoms with Crippen molar-refractivity contribution in [2.45, 2.75) is 26.2 Å². The van der Waals surface area contributed by atoms with E-state index in [1.54, 1.807) is 0 Å².